The number of hydrogen-bond acceptors (Lipinski definition) is 3. The predicted octanol–water partition coefficient (Wildman–Crippen LogP) is 7.23. The van der Waals surface area contributed by atoms with Gasteiger partial charge in [-0.1, -0.05) is 55.4 Å². The van der Waals surface area contributed by atoms with Gasteiger partial charge in [-0.15, -0.1) is 0 Å². The molecule has 0 aromatic rings. The maximum atomic E-state index is 7.12. The van der Waals surface area contributed by atoms with Crippen molar-refractivity contribution in [1.29, 1.82) is 0 Å². The summed E-state index contributed by atoms with van der Waals surface area (Å²) in [6.07, 6.45) is 0. The zero-order valence-electron chi connectivity index (χ0n) is 18.9. The van der Waals surface area contributed by atoms with Gasteiger partial charge in [0.1, 0.15) is 0 Å². The van der Waals surface area contributed by atoms with E-state index in [4.69, 9.17) is 12.3 Å². The fourth-order valence-electron chi connectivity index (χ4n) is 3.14. The van der Waals surface area contributed by atoms with Crippen LogP contribution in [-0.2, 0) is 12.3 Å². The Kier molecular flexibility index (Phi) is 11.2. The second-order valence-electron chi connectivity index (χ2n) is 7.86. The molecule has 0 aliphatic rings. The summed E-state index contributed by atoms with van der Waals surface area (Å²) in [5, 5.41) is 0. The van der Waals surface area contributed by atoms with Crippen LogP contribution in [0.4, 0.5) is 0 Å². The maximum absolute atomic E-state index is 7.12. The normalized spacial score (nSPS) is 14.2. The molecule has 0 spiro atoms. The lowest BCUT2D eigenvalue weighted by Gasteiger charge is -2.46. The Bertz CT molecular complexity index is 329. The molecule has 0 atom stereocenters. The second kappa shape index (κ2) is 10.9. The molecule has 0 aromatic carbocycles. The molecule has 0 N–H and O–H groups in total. The topological polar surface area (TPSA) is 27.7 Å². The first-order valence-corrected chi connectivity index (χ1v) is 20.8. The van der Waals surface area contributed by atoms with E-state index in [1.54, 1.807) is 0 Å². The standard InChI is InChI=1S/C18H46O3Si4/c1-11-22(9,12-2)19-24(15-5,16-6)21-25(17-7,18-8)20-23(10,13-3)14-4/h11-18H2,1-10H3. The highest BCUT2D eigenvalue weighted by molar-refractivity contribution is 6.91. The molecule has 0 fully saturated rings. The predicted molar refractivity (Wildman–Crippen MR) is 122 cm³/mol. The van der Waals surface area contributed by atoms with Crippen LogP contribution in [0.3, 0.4) is 0 Å². The number of rotatable bonds is 14. The highest BCUT2D eigenvalue weighted by Crippen LogP contribution is 2.35. The van der Waals surface area contributed by atoms with Crippen LogP contribution in [0.1, 0.15) is 55.4 Å². The van der Waals surface area contributed by atoms with E-state index in [2.05, 4.69) is 68.5 Å². The molecule has 3 nitrogen and oxygen atoms in total. The van der Waals surface area contributed by atoms with Crippen molar-refractivity contribution in [3.05, 3.63) is 0 Å². The van der Waals surface area contributed by atoms with Crippen LogP contribution in [0, 0.1) is 0 Å². The van der Waals surface area contributed by atoms with E-state index < -0.39 is 33.8 Å². The van der Waals surface area contributed by atoms with Crippen molar-refractivity contribution >= 4 is 33.8 Å². The lowest BCUT2D eigenvalue weighted by molar-refractivity contribution is 0.303. The first-order valence-electron chi connectivity index (χ1n) is 10.7. The summed E-state index contributed by atoms with van der Waals surface area (Å²) in [7, 11) is -7.73. The Morgan fingerprint density at radius 2 is 0.640 bits per heavy atom. The molecular formula is C18H46O3Si4. The largest absolute Gasteiger partial charge is 0.436 e. The Labute approximate surface area is 163 Å². The van der Waals surface area contributed by atoms with Crippen molar-refractivity contribution in [3.8, 4) is 0 Å². The summed E-state index contributed by atoms with van der Waals surface area (Å²) in [5.41, 5.74) is 0. The van der Waals surface area contributed by atoms with Gasteiger partial charge in [-0.25, -0.2) is 0 Å². The van der Waals surface area contributed by atoms with Gasteiger partial charge in [0.2, 0.25) is 0 Å². The highest BCUT2D eigenvalue weighted by Gasteiger charge is 2.50. The third-order valence-corrected chi connectivity index (χ3v) is 26.6. The smallest absolute Gasteiger partial charge is 0.318 e. The molecule has 25 heavy (non-hydrogen) atoms. The van der Waals surface area contributed by atoms with Gasteiger partial charge < -0.3 is 12.3 Å². The van der Waals surface area contributed by atoms with E-state index in [1.807, 2.05) is 0 Å². The van der Waals surface area contributed by atoms with Gasteiger partial charge in [-0.3, -0.25) is 0 Å². The zero-order chi connectivity index (χ0) is 19.8. The van der Waals surface area contributed by atoms with Gasteiger partial charge in [0.15, 0.2) is 16.6 Å². The average molecular weight is 423 g/mol. The third-order valence-electron chi connectivity index (χ3n) is 6.38. The summed E-state index contributed by atoms with van der Waals surface area (Å²) in [5.74, 6) is 0. The minimum atomic E-state index is -2.20. The van der Waals surface area contributed by atoms with Crippen molar-refractivity contribution in [3.63, 3.8) is 0 Å². The van der Waals surface area contributed by atoms with Gasteiger partial charge in [-0.2, -0.15) is 0 Å². The van der Waals surface area contributed by atoms with E-state index in [-0.39, 0.29) is 0 Å². The van der Waals surface area contributed by atoms with Crippen LogP contribution >= 0.6 is 0 Å². The molecule has 7 heteroatoms. The first-order chi connectivity index (χ1) is 11.6. The molecule has 0 radical (unpaired) electrons. The SMILES string of the molecule is CC[Si](C)(CC)O[Si](CC)(CC)O[Si](CC)(CC)O[Si](C)(CC)CC. The molecule has 0 amide bonds. The summed E-state index contributed by atoms with van der Waals surface area (Å²) >= 11 is 0. The lowest BCUT2D eigenvalue weighted by atomic mass is 10.9. The van der Waals surface area contributed by atoms with E-state index in [1.165, 1.54) is 24.2 Å². The van der Waals surface area contributed by atoms with Crippen molar-refractivity contribution < 1.29 is 12.3 Å². The van der Waals surface area contributed by atoms with Crippen molar-refractivity contribution in [2.24, 2.45) is 0 Å². The Morgan fingerprint density at radius 1 is 0.400 bits per heavy atom. The van der Waals surface area contributed by atoms with Crippen LogP contribution in [0.15, 0.2) is 0 Å². The van der Waals surface area contributed by atoms with Gasteiger partial charge >= 0.3 is 17.1 Å². The molecule has 0 saturated heterocycles. The summed E-state index contributed by atoms with van der Waals surface area (Å²) < 4.78 is 21.1. The molecule has 0 aromatic heterocycles. The lowest BCUT2D eigenvalue weighted by Crippen LogP contribution is -2.61. The van der Waals surface area contributed by atoms with Crippen LogP contribution < -0.4 is 0 Å². The Hall–Kier alpha value is 0.748. The monoisotopic (exact) mass is 422 g/mol. The number of hydrogen-bond donors (Lipinski definition) is 0. The molecule has 0 rings (SSSR count). The molecule has 152 valence electrons. The molecule has 0 bridgehead atoms. The van der Waals surface area contributed by atoms with Gasteiger partial charge in [0.25, 0.3) is 0 Å². The van der Waals surface area contributed by atoms with Gasteiger partial charge in [-0.05, 0) is 61.4 Å². The quantitative estimate of drug-likeness (QED) is 0.276. The minimum absolute atomic E-state index is 1.04. The van der Waals surface area contributed by atoms with E-state index in [0.29, 0.717) is 0 Å². The Balaban J connectivity index is 5.72. The van der Waals surface area contributed by atoms with Crippen molar-refractivity contribution in [1.82, 2.24) is 0 Å². The molecule has 0 aliphatic heterocycles. The summed E-state index contributed by atoms with van der Waals surface area (Å²) in [4.78, 5) is 0. The average Bonchev–Trinajstić information content (AvgIpc) is 2.66. The van der Waals surface area contributed by atoms with Crippen LogP contribution in [0.2, 0.25) is 61.4 Å². The van der Waals surface area contributed by atoms with Crippen LogP contribution in [0.25, 0.3) is 0 Å². The second-order valence-corrected chi connectivity index (χ2v) is 25.4. The molecule has 0 aliphatic carbocycles. The van der Waals surface area contributed by atoms with E-state index >= 15 is 0 Å². The third kappa shape index (κ3) is 7.01. The summed E-state index contributed by atoms with van der Waals surface area (Å²) in [6.45, 7) is 23.0. The van der Waals surface area contributed by atoms with Crippen LogP contribution in [-0.4, -0.2) is 33.8 Å². The van der Waals surface area contributed by atoms with Crippen molar-refractivity contribution in [2.75, 3.05) is 0 Å². The fourth-order valence-corrected chi connectivity index (χ4v) is 23.1. The van der Waals surface area contributed by atoms with Gasteiger partial charge in [0.05, 0.1) is 0 Å². The van der Waals surface area contributed by atoms with Crippen molar-refractivity contribution in [2.45, 2.75) is 117 Å². The minimum Gasteiger partial charge on any atom is -0.436 e. The molecular weight excluding hydrogens is 377 g/mol. The molecule has 0 saturated carbocycles. The zero-order valence-corrected chi connectivity index (χ0v) is 22.9. The first kappa shape index (κ1) is 25.7. The maximum Gasteiger partial charge on any atom is 0.318 e. The Morgan fingerprint density at radius 3 is 0.800 bits per heavy atom. The van der Waals surface area contributed by atoms with Gasteiger partial charge in [0, 0.05) is 0 Å². The fraction of sp³-hybridized carbons (Fsp3) is 1.00. The van der Waals surface area contributed by atoms with E-state index in [0.717, 1.165) is 24.2 Å². The molecule has 0 heterocycles. The summed E-state index contributed by atoms with van der Waals surface area (Å²) in [6, 6.07) is 8.86. The molecule has 0 unspecified atom stereocenters. The van der Waals surface area contributed by atoms with Crippen LogP contribution in [0.5, 0.6) is 0 Å². The van der Waals surface area contributed by atoms with E-state index in [9.17, 15) is 0 Å². The highest BCUT2D eigenvalue weighted by atomic mass is 28.5.